The summed E-state index contributed by atoms with van der Waals surface area (Å²) in [5, 5.41) is 0. The number of nitrogens with two attached hydrogens (primary N) is 1. The fourth-order valence-electron chi connectivity index (χ4n) is 3.51. The van der Waals surface area contributed by atoms with Gasteiger partial charge in [0.05, 0.1) is 6.04 Å². The zero-order valence-electron chi connectivity index (χ0n) is 13.4. The SMILES string of the molecule is CCC(C)(C(NN)c1cc(C)ccc1C)N1CCCC1. The molecule has 2 rings (SSSR count). The molecule has 1 aliphatic heterocycles. The molecule has 1 fully saturated rings. The number of hydrogen-bond acceptors (Lipinski definition) is 3. The summed E-state index contributed by atoms with van der Waals surface area (Å²) >= 11 is 0. The highest BCUT2D eigenvalue weighted by Gasteiger charge is 2.40. The maximum Gasteiger partial charge on any atom is 0.0643 e. The maximum atomic E-state index is 5.98. The topological polar surface area (TPSA) is 41.3 Å². The predicted molar refractivity (Wildman–Crippen MR) is 85.5 cm³/mol. The van der Waals surface area contributed by atoms with Crippen molar-refractivity contribution >= 4 is 0 Å². The van der Waals surface area contributed by atoms with E-state index >= 15 is 0 Å². The van der Waals surface area contributed by atoms with Gasteiger partial charge in [-0.15, -0.1) is 0 Å². The average Bonchev–Trinajstić information content (AvgIpc) is 2.97. The van der Waals surface area contributed by atoms with E-state index in [1.807, 2.05) is 0 Å². The molecule has 0 amide bonds. The van der Waals surface area contributed by atoms with Crippen molar-refractivity contribution in [2.75, 3.05) is 13.1 Å². The maximum absolute atomic E-state index is 5.98. The van der Waals surface area contributed by atoms with Crippen LogP contribution in [0.2, 0.25) is 0 Å². The Morgan fingerprint density at radius 3 is 2.50 bits per heavy atom. The summed E-state index contributed by atoms with van der Waals surface area (Å²) in [5.74, 6) is 5.98. The van der Waals surface area contributed by atoms with Crippen LogP contribution in [0.25, 0.3) is 0 Å². The molecule has 0 spiro atoms. The molecule has 3 nitrogen and oxygen atoms in total. The lowest BCUT2D eigenvalue weighted by molar-refractivity contribution is 0.0837. The standard InChI is InChI=1S/C17H29N3/c1-5-17(4,20-10-6-7-11-20)16(19-18)15-12-13(2)8-9-14(15)3/h8-9,12,16,19H,5-7,10-11,18H2,1-4H3. The van der Waals surface area contributed by atoms with E-state index < -0.39 is 0 Å². The second kappa shape index (κ2) is 6.25. The number of likely N-dealkylation sites (tertiary alicyclic amines) is 1. The van der Waals surface area contributed by atoms with Crippen molar-refractivity contribution in [1.29, 1.82) is 0 Å². The van der Waals surface area contributed by atoms with Crippen molar-refractivity contribution in [3.05, 3.63) is 34.9 Å². The van der Waals surface area contributed by atoms with Crippen LogP contribution < -0.4 is 11.3 Å². The molecule has 1 aromatic rings. The monoisotopic (exact) mass is 275 g/mol. The van der Waals surface area contributed by atoms with Crippen LogP contribution >= 0.6 is 0 Å². The molecule has 3 N–H and O–H groups in total. The van der Waals surface area contributed by atoms with E-state index in [1.54, 1.807) is 0 Å². The molecule has 0 radical (unpaired) electrons. The number of benzene rings is 1. The van der Waals surface area contributed by atoms with E-state index in [-0.39, 0.29) is 11.6 Å². The van der Waals surface area contributed by atoms with Gasteiger partial charge in [-0.1, -0.05) is 30.7 Å². The van der Waals surface area contributed by atoms with E-state index in [4.69, 9.17) is 5.84 Å². The summed E-state index contributed by atoms with van der Waals surface area (Å²) < 4.78 is 0. The van der Waals surface area contributed by atoms with Gasteiger partial charge in [-0.05, 0) is 64.3 Å². The number of rotatable bonds is 5. The van der Waals surface area contributed by atoms with Gasteiger partial charge in [-0.3, -0.25) is 16.2 Å². The molecule has 0 aromatic heterocycles. The van der Waals surface area contributed by atoms with Crippen molar-refractivity contribution in [2.24, 2.45) is 5.84 Å². The molecule has 0 bridgehead atoms. The summed E-state index contributed by atoms with van der Waals surface area (Å²) in [6, 6.07) is 6.83. The molecule has 1 saturated heterocycles. The molecule has 1 aromatic carbocycles. The highest BCUT2D eigenvalue weighted by molar-refractivity contribution is 5.35. The van der Waals surface area contributed by atoms with Crippen molar-refractivity contribution in [3.63, 3.8) is 0 Å². The Bertz CT molecular complexity index is 452. The molecule has 2 unspecified atom stereocenters. The van der Waals surface area contributed by atoms with Crippen LogP contribution in [0.4, 0.5) is 0 Å². The average molecular weight is 275 g/mol. The van der Waals surface area contributed by atoms with Crippen LogP contribution in [0.5, 0.6) is 0 Å². The molecular formula is C17H29N3. The summed E-state index contributed by atoms with van der Waals surface area (Å²) in [7, 11) is 0. The third-order valence-electron chi connectivity index (χ3n) is 5.08. The lowest BCUT2D eigenvalue weighted by atomic mass is 9.81. The molecule has 20 heavy (non-hydrogen) atoms. The Hall–Kier alpha value is -0.900. The summed E-state index contributed by atoms with van der Waals surface area (Å²) in [6.07, 6.45) is 3.70. The van der Waals surface area contributed by atoms with Gasteiger partial charge >= 0.3 is 0 Å². The number of hydrazine groups is 1. The van der Waals surface area contributed by atoms with Crippen LogP contribution in [0.1, 0.15) is 55.8 Å². The lowest BCUT2D eigenvalue weighted by Crippen LogP contribution is -2.55. The van der Waals surface area contributed by atoms with Crippen LogP contribution in [0.3, 0.4) is 0 Å². The van der Waals surface area contributed by atoms with Gasteiger partial charge in [-0.25, -0.2) is 0 Å². The molecule has 1 heterocycles. The minimum Gasteiger partial charge on any atom is -0.296 e. The van der Waals surface area contributed by atoms with Gasteiger partial charge in [0, 0.05) is 5.54 Å². The largest absolute Gasteiger partial charge is 0.296 e. The first kappa shape index (κ1) is 15.5. The molecule has 0 aliphatic carbocycles. The highest BCUT2D eigenvalue weighted by atomic mass is 15.3. The molecule has 1 aliphatic rings. The molecular weight excluding hydrogens is 246 g/mol. The minimum absolute atomic E-state index is 0.0732. The normalized spacial score (nSPS) is 20.9. The van der Waals surface area contributed by atoms with Crippen LogP contribution in [0, 0.1) is 13.8 Å². The first-order valence-corrected chi connectivity index (χ1v) is 7.81. The number of aryl methyl sites for hydroxylation is 2. The summed E-state index contributed by atoms with van der Waals surface area (Å²) in [4.78, 5) is 2.61. The Labute approximate surface area is 123 Å². The summed E-state index contributed by atoms with van der Waals surface area (Å²) in [6.45, 7) is 11.3. The first-order chi connectivity index (χ1) is 9.52. The molecule has 0 saturated carbocycles. The van der Waals surface area contributed by atoms with Gasteiger partial charge in [0.25, 0.3) is 0 Å². The van der Waals surface area contributed by atoms with E-state index in [9.17, 15) is 0 Å². The van der Waals surface area contributed by atoms with Crippen LogP contribution in [0.15, 0.2) is 18.2 Å². The van der Waals surface area contributed by atoms with Crippen LogP contribution in [-0.4, -0.2) is 23.5 Å². The fraction of sp³-hybridized carbons (Fsp3) is 0.647. The third-order valence-corrected chi connectivity index (χ3v) is 5.08. The Morgan fingerprint density at radius 1 is 1.30 bits per heavy atom. The second-order valence-electron chi connectivity index (χ2n) is 6.36. The smallest absolute Gasteiger partial charge is 0.0643 e. The van der Waals surface area contributed by atoms with E-state index in [0.29, 0.717) is 0 Å². The minimum atomic E-state index is 0.0732. The van der Waals surface area contributed by atoms with Gasteiger partial charge in [0.2, 0.25) is 0 Å². The van der Waals surface area contributed by atoms with Gasteiger partial charge < -0.3 is 0 Å². The molecule has 3 heteroatoms. The summed E-state index contributed by atoms with van der Waals surface area (Å²) in [5.41, 5.74) is 7.14. The van der Waals surface area contributed by atoms with Gasteiger partial charge in [0.15, 0.2) is 0 Å². The fourth-order valence-corrected chi connectivity index (χ4v) is 3.51. The van der Waals surface area contributed by atoms with Crippen molar-refractivity contribution in [2.45, 2.75) is 58.5 Å². The third kappa shape index (κ3) is 2.76. The van der Waals surface area contributed by atoms with Gasteiger partial charge in [-0.2, -0.15) is 0 Å². The molecule has 112 valence electrons. The second-order valence-corrected chi connectivity index (χ2v) is 6.36. The van der Waals surface area contributed by atoms with E-state index in [0.717, 1.165) is 6.42 Å². The quantitative estimate of drug-likeness (QED) is 0.641. The zero-order valence-corrected chi connectivity index (χ0v) is 13.4. The lowest BCUT2D eigenvalue weighted by Gasteiger charge is -2.45. The highest BCUT2D eigenvalue weighted by Crippen LogP contribution is 2.37. The Balaban J connectivity index is 2.40. The van der Waals surface area contributed by atoms with Crippen molar-refractivity contribution in [1.82, 2.24) is 10.3 Å². The Kier molecular flexibility index (Phi) is 4.84. The van der Waals surface area contributed by atoms with Crippen LogP contribution in [-0.2, 0) is 0 Å². The Morgan fingerprint density at radius 2 is 1.95 bits per heavy atom. The number of nitrogens with zero attached hydrogens (tertiary/aromatic N) is 1. The van der Waals surface area contributed by atoms with Crippen molar-refractivity contribution in [3.8, 4) is 0 Å². The zero-order chi connectivity index (χ0) is 14.8. The van der Waals surface area contributed by atoms with Crippen molar-refractivity contribution < 1.29 is 0 Å². The number of hydrogen-bond donors (Lipinski definition) is 2. The number of nitrogens with one attached hydrogen (secondary N) is 1. The van der Waals surface area contributed by atoms with E-state index in [2.05, 4.69) is 56.2 Å². The van der Waals surface area contributed by atoms with Gasteiger partial charge in [0.1, 0.15) is 0 Å². The predicted octanol–water partition coefficient (Wildman–Crippen LogP) is 3.07. The van der Waals surface area contributed by atoms with E-state index in [1.165, 1.54) is 42.6 Å². The molecule has 2 atom stereocenters. The first-order valence-electron chi connectivity index (χ1n) is 7.81.